The summed E-state index contributed by atoms with van der Waals surface area (Å²) < 4.78 is 6.26. The highest BCUT2D eigenvalue weighted by Crippen LogP contribution is 2.34. The first-order chi connectivity index (χ1) is 8.84. The molecule has 0 bridgehead atoms. The first-order valence-electron chi connectivity index (χ1n) is 6.78. The first kappa shape index (κ1) is 17.2. The molecule has 1 unspecified atom stereocenters. The van der Waals surface area contributed by atoms with Gasteiger partial charge in [0.25, 0.3) is 0 Å². The Morgan fingerprint density at radius 2 is 1.63 bits per heavy atom. The predicted octanol–water partition coefficient (Wildman–Crippen LogP) is 0.874. The van der Waals surface area contributed by atoms with Crippen LogP contribution in [-0.4, -0.2) is 63.5 Å². The predicted molar refractivity (Wildman–Crippen MR) is 77.2 cm³/mol. The maximum atomic E-state index is 8.84. The van der Waals surface area contributed by atoms with Gasteiger partial charge < -0.3 is 14.6 Å². The van der Waals surface area contributed by atoms with Crippen LogP contribution in [0.4, 0.5) is 0 Å². The number of rotatable bonds is 7. The lowest BCUT2D eigenvalue weighted by Crippen LogP contribution is -2.64. The molecule has 1 saturated heterocycles. The standard InChI is InChI=1S/C11H27NO5Si2/c1-18(2)10-5-11(17-19(18,3)4)12(15-8-6-13)16-9-7-14/h11,13-14H,5-10H2,1-4H3. The molecule has 19 heavy (non-hydrogen) atoms. The van der Waals surface area contributed by atoms with Crippen molar-refractivity contribution >= 4 is 15.4 Å². The fourth-order valence-electron chi connectivity index (χ4n) is 1.96. The zero-order chi connectivity index (χ0) is 14.5. The van der Waals surface area contributed by atoms with Crippen molar-refractivity contribution in [2.75, 3.05) is 26.4 Å². The highest BCUT2D eigenvalue weighted by atomic mass is 29.3. The number of nitrogens with zero attached hydrogens (tertiary/aromatic N) is 1. The van der Waals surface area contributed by atoms with Gasteiger partial charge in [-0.1, -0.05) is 19.1 Å². The summed E-state index contributed by atoms with van der Waals surface area (Å²) in [5, 5.41) is 19.0. The van der Waals surface area contributed by atoms with Gasteiger partial charge in [0, 0.05) is 0 Å². The Morgan fingerprint density at radius 1 is 1.11 bits per heavy atom. The summed E-state index contributed by atoms with van der Waals surface area (Å²) in [6.07, 6.45) is 0.632. The molecule has 1 aliphatic heterocycles. The summed E-state index contributed by atoms with van der Waals surface area (Å²) in [4.78, 5) is 10.7. The average molecular weight is 310 g/mol. The van der Waals surface area contributed by atoms with Gasteiger partial charge in [-0.25, -0.2) is 0 Å². The van der Waals surface area contributed by atoms with Crippen LogP contribution in [0.3, 0.4) is 0 Å². The zero-order valence-electron chi connectivity index (χ0n) is 12.4. The Balaban J connectivity index is 2.64. The molecule has 1 rings (SSSR count). The second kappa shape index (κ2) is 7.27. The molecule has 0 spiro atoms. The van der Waals surface area contributed by atoms with Gasteiger partial charge >= 0.3 is 0 Å². The Morgan fingerprint density at radius 3 is 2.05 bits per heavy atom. The van der Waals surface area contributed by atoms with Gasteiger partial charge in [-0.15, -0.1) is 0 Å². The molecular formula is C11H27NO5Si2. The molecule has 0 radical (unpaired) electrons. The first-order valence-corrected chi connectivity index (χ1v) is 13.9. The molecule has 1 atom stereocenters. The van der Waals surface area contributed by atoms with Gasteiger partial charge in [-0.05, 0) is 24.7 Å². The van der Waals surface area contributed by atoms with Crippen molar-refractivity contribution in [1.82, 2.24) is 5.23 Å². The van der Waals surface area contributed by atoms with Crippen molar-refractivity contribution in [2.24, 2.45) is 0 Å². The van der Waals surface area contributed by atoms with E-state index in [0.29, 0.717) is 0 Å². The lowest BCUT2D eigenvalue weighted by atomic mass is 10.4. The minimum atomic E-state index is -1.71. The lowest BCUT2D eigenvalue weighted by molar-refractivity contribution is -0.417. The van der Waals surface area contributed by atoms with Crippen LogP contribution in [-0.2, 0) is 14.1 Å². The third kappa shape index (κ3) is 4.60. The third-order valence-corrected chi connectivity index (χ3v) is 20.5. The molecule has 0 aliphatic carbocycles. The maximum Gasteiger partial charge on any atom is 0.176 e. The van der Waals surface area contributed by atoms with Gasteiger partial charge in [0.15, 0.2) is 7.83 Å². The van der Waals surface area contributed by atoms with Gasteiger partial charge in [0.1, 0.15) is 6.23 Å². The zero-order valence-corrected chi connectivity index (χ0v) is 14.4. The van der Waals surface area contributed by atoms with Gasteiger partial charge in [-0.2, -0.15) is 0 Å². The molecule has 6 nitrogen and oxygen atoms in total. The normalized spacial score (nSPS) is 25.7. The average Bonchev–Trinajstić information content (AvgIpc) is 2.33. The highest BCUT2D eigenvalue weighted by molar-refractivity contribution is 7.38. The van der Waals surface area contributed by atoms with Crippen molar-refractivity contribution < 1.29 is 24.3 Å². The van der Waals surface area contributed by atoms with E-state index in [-0.39, 0.29) is 32.7 Å². The molecule has 1 heterocycles. The largest absolute Gasteiger partial charge is 0.401 e. The minimum absolute atomic E-state index is 0.0766. The second-order valence-corrected chi connectivity index (χ2v) is 21.1. The fraction of sp³-hybridized carbons (Fsp3) is 1.00. The van der Waals surface area contributed by atoms with Crippen molar-refractivity contribution in [3.63, 3.8) is 0 Å². The molecule has 114 valence electrons. The van der Waals surface area contributed by atoms with Crippen LogP contribution in [0.2, 0.25) is 32.2 Å². The topological polar surface area (TPSA) is 71.4 Å². The Kier molecular flexibility index (Phi) is 6.60. The Hall–Kier alpha value is 0.194. The monoisotopic (exact) mass is 309 g/mol. The summed E-state index contributed by atoms with van der Waals surface area (Å²) in [6, 6.07) is 1.18. The van der Waals surface area contributed by atoms with E-state index in [2.05, 4.69) is 26.2 Å². The van der Waals surface area contributed by atoms with Crippen LogP contribution in [0.15, 0.2) is 0 Å². The number of hydroxylamine groups is 2. The van der Waals surface area contributed by atoms with E-state index in [1.807, 2.05) is 0 Å². The molecule has 0 amide bonds. The van der Waals surface area contributed by atoms with Crippen LogP contribution < -0.4 is 0 Å². The number of hydrogen-bond donors (Lipinski definition) is 2. The summed E-state index contributed by atoms with van der Waals surface area (Å²) in [7, 11) is -3.00. The smallest absolute Gasteiger partial charge is 0.176 e. The second-order valence-electron chi connectivity index (χ2n) is 5.90. The number of hydrogen-bond acceptors (Lipinski definition) is 6. The van der Waals surface area contributed by atoms with E-state index in [1.165, 1.54) is 11.3 Å². The van der Waals surface area contributed by atoms with E-state index >= 15 is 0 Å². The molecule has 1 fully saturated rings. The lowest BCUT2D eigenvalue weighted by Gasteiger charge is -2.47. The number of aliphatic hydroxyl groups excluding tert-OH is 2. The molecular weight excluding hydrogens is 282 g/mol. The molecule has 2 N–H and O–H groups in total. The van der Waals surface area contributed by atoms with Crippen LogP contribution in [0.25, 0.3) is 0 Å². The summed E-state index contributed by atoms with van der Waals surface area (Å²) >= 11 is 0. The van der Waals surface area contributed by atoms with Gasteiger partial charge in [-0.3, -0.25) is 9.68 Å². The van der Waals surface area contributed by atoms with Crippen LogP contribution in [0, 0.1) is 0 Å². The van der Waals surface area contributed by atoms with Gasteiger partial charge in [0.2, 0.25) is 0 Å². The SMILES string of the molecule is C[Si]1(C)CCC(N(OCCO)OCCO)O[Si]1(C)C. The van der Waals surface area contributed by atoms with E-state index in [0.717, 1.165) is 6.42 Å². The van der Waals surface area contributed by atoms with Crippen molar-refractivity contribution in [2.45, 2.75) is 44.9 Å². The third-order valence-electron chi connectivity index (χ3n) is 3.93. The minimum Gasteiger partial charge on any atom is -0.401 e. The van der Waals surface area contributed by atoms with Crippen molar-refractivity contribution in [3.05, 3.63) is 0 Å². The Labute approximate surface area is 117 Å². The summed E-state index contributed by atoms with van der Waals surface area (Å²) in [5.74, 6) is 0. The van der Waals surface area contributed by atoms with E-state index in [9.17, 15) is 0 Å². The van der Waals surface area contributed by atoms with E-state index < -0.39 is 15.4 Å². The summed E-state index contributed by atoms with van der Waals surface area (Å²) in [5.41, 5.74) is 0. The van der Waals surface area contributed by atoms with Crippen LogP contribution >= 0.6 is 0 Å². The Bertz CT molecular complexity index is 270. The fourth-order valence-corrected chi connectivity index (χ4v) is 8.34. The quantitative estimate of drug-likeness (QED) is 0.537. The maximum absolute atomic E-state index is 8.84. The molecule has 0 saturated carbocycles. The van der Waals surface area contributed by atoms with E-state index in [4.69, 9.17) is 24.3 Å². The molecule has 8 heteroatoms. The van der Waals surface area contributed by atoms with Crippen molar-refractivity contribution in [1.29, 1.82) is 0 Å². The molecule has 1 aliphatic rings. The number of aliphatic hydroxyl groups is 2. The van der Waals surface area contributed by atoms with Crippen molar-refractivity contribution in [3.8, 4) is 0 Å². The molecule has 0 aromatic carbocycles. The van der Waals surface area contributed by atoms with Crippen LogP contribution in [0.1, 0.15) is 6.42 Å². The molecule has 0 aromatic rings. The molecule has 0 aromatic heterocycles. The van der Waals surface area contributed by atoms with Crippen LogP contribution in [0.5, 0.6) is 0 Å². The van der Waals surface area contributed by atoms with E-state index in [1.54, 1.807) is 0 Å². The summed E-state index contributed by atoms with van der Waals surface area (Å²) in [6.45, 7) is 9.43. The van der Waals surface area contributed by atoms with Gasteiger partial charge in [0.05, 0.1) is 34.0 Å². The highest BCUT2D eigenvalue weighted by Gasteiger charge is 2.49.